The van der Waals surface area contributed by atoms with Gasteiger partial charge >= 0.3 is 0 Å². The predicted octanol–water partition coefficient (Wildman–Crippen LogP) is 4.10. The molecule has 1 aliphatic heterocycles. The summed E-state index contributed by atoms with van der Waals surface area (Å²) in [4.78, 5) is 12.8. The molecule has 3 nitrogen and oxygen atoms in total. The maximum Gasteiger partial charge on any atom is 0.289 e. The first-order valence-electron chi connectivity index (χ1n) is 8.88. The Morgan fingerprint density at radius 2 is 1.80 bits per heavy atom. The van der Waals surface area contributed by atoms with E-state index in [4.69, 9.17) is 0 Å². The molecule has 2 aromatic carbocycles. The number of rotatable bonds is 4. The highest BCUT2D eigenvalue weighted by molar-refractivity contribution is 5.94. The third-order valence-electron chi connectivity index (χ3n) is 5.43. The molecule has 1 aliphatic rings. The van der Waals surface area contributed by atoms with Crippen LogP contribution in [0.1, 0.15) is 44.4 Å². The molecule has 1 amide bonds. The molecule has 0 bridgehead atoms. The first kappa shape index (κ1) is 17.4. The lowest BCUT2D eigenvalue weighted by atomic mass is 9.82. The van der Waals surface area contributed by atoms with Crippen LogP contribution < -0.4 is 5.32 Å². The Morgan fingerprint density at radius 1 is 1.12 bits per heavy atom. The molecule has 0 spiro atoms. The molecule has 3 heteroatoms. The van der Waals surface area contributed by atoms with Gasteiger partial charge in [-0.25, -0.2) is 0 Å². The van der Waals surface area contributed by atoms with E-state index in [-0.39, 0.29) is 17.4 Å². The molecule has 3 rings (SSSR count). The van der Waals surface area contributed by atoms with Crippen molar-refractivity contribution in [2.75, 3.05) is 0 Å². The number of nitrogens with zero attached hydrogens (tertiary/aromatic N) is 1. The van der Waals surface area contributed by atoms with Crippen LogP contribution in [-0.4, -0.2) is 22.2 Å². The van der Waals surface area contributed by atoms with Gasteiger partial charge in [0.05, 0.1) is 5.41 Å². The fourth-order valence-corrected chi connectivity index (χ4v) is 3.59. The van der Waals surface area contributed by atoms with E-state index in [1.807, 2.05) is 37.3 Å². The lowest BCUT2D eigenvalue weighted by molar-refractivity contribution is -0.464. The first-order valence-corrected chi connectivity index (χ1v) is 8.88. The van der Waals surface area contributed by atoms with Crippen molar-refractivity contribution < 1.29 is 9.37 Å². The van der Waals surface area contributed by atoms with E-state index >= 15 is 0 Å². The normalized spacial score (nSPS) is 16.5. The number of aryl methyl sites for hydroxylation is 1. The van der Waals surface area contributed by atoms with Gasteiger partial charge in [0.2, 0.25) is 11.7 Å². The molecule has 1 atom stereocenters. The van der Waals surface area contributed by atoms with Gasteiger partial charge in [-0.15, -0.1) is 0 Å². The summed E-state index contributed by atoms with van der Waals surface area (Å²) in [6, 6.07) is 16.3. The van der Waals surface area contributed by atoms with Gasteiger partial charge in [0.15, 0.2) is 5.71 Å². The van der Waals surface area contributed by atoms with Crippen LogP contribution in [0.2, 0.25) is 0 Å². The highest BCUT2D eigenvalue weighted by Crippen LogP contribution is 2.40. The molecule has 0 radical (unpaired) electrons. The summed E-state index contributed by atoms with van der Waals surface area (Å²) in [5.74, 6) is 0.0485. The van der Waals surface area contributed by atoms with Crippen LogP contribution in [0.15, 0.2) is 48.5 Å². The molecule has 0 aliphatic carbocycles. The quantitative estimate of drug-likeness (QED) is 0.838. The fraction of sp³-hybridized carbons (Fsp3) is 0.364. The highest BCUT2D eigenvalue weighted by Gasteiger charge is 2.46. The van der Waals surface area contributed by atoms with E-state index in [9.17, 15) is 4.79 Å². The molecule has 1 unspecified atom stereocenters. The van der Waals surface area contributed by atoms with Crippen molar-refractivity contribution in [3.63, 3.8) is 0 Å². The molecule has 1 heterocycles. The Bertz CT molecular complexity index is 834. The number of benzene rings is 2. The Kier molecular flexibility index (Phi) is 4.51. The predicted molar refractivity (Wildman–Crippen MR) is 103 cm³/mol. The van der Waals surface area contributed by atoms with Crippen LogP contribution in [-0.2, 0) is 16.8 Å². The zero-order valence-electron chi connectivity index (χ0n) is 15.8. The van der Waals surface area contributed by atoms with Crippen molar-refractivity contribution in [2.24, 2.45) is 0 Å². The third-order valence-corrected chi connectivity index (χ3v) is 5.43. The lowest BCUT2D eigenvalue weighted by Gasteiger charge is -2.15. The second-order valence-corrected chi connectivity index (χ2v) is 7.48. The standard InChI is InChI=1S/C22H26N2O/c1-15-11-12-20-19(13-15)22(4,5)17(3)24(20)16(2)21(25)23-14-18-9-7-6-8-10-18/h6-13,16H,14H2,1-5H3/p+1. The van der Waals surface area contributed by atoms with E-state index in [1.165, 1.54) is 16.8 Å². The number of carbonyl (C=O) groups excluding carboxylic acids is 1. The number of amides is 1. The van der Waals surface area contributed by atoms with Gasteiger partial charge in [-0.05, 0) is 32.4 Å². The molecular weight excluding hydrogens is 308 g/mol. The molecule has 0 saturated carbocycles. The van der Waals surface area contributed by atoms with Gasteiger partial charge in [0.25, 0.3) is 5.91 Å². The van der Waals surface area contributed by atoms with Crippen molar-refractivity contribution in [3.8, 4) is 0 Å². The summed E-state index contributed by atoms with van der Waals surface area (Å²) < 4.78 is 2.19. The fourth-order valence-electron chi connectivity index (χ4n) is 3.59. The van der Waals surface area contributed by atoms with E-state index in [2.05, 4.69) is 55.8 Å². The van der Waals surface area contributed by atoms with Crippen LogP contribution in [0.4, 0.5) is 5.69 Å². The molecule has 2 aromatic rings. The number of fused-ring (bicyclic) bond motifs is 1. The van der Waals surface area contributed by atoms with Crippen LogP contribution in [0.25, 0.3) is 0 Å². The van der Waals surface area contributed by atoms with E-state index in [1.54, 1.807) is 0 Å². The van der Waals surface area contributed by atoms with Crippen LogP contribution in [0, 0.1) is 6.92 Å². The average molecular weight is 335 g/mol. The van der Waals surface area contributed by atoms with Crippen molar-refractivity contribution in [3.05, 3.63) is 65.2 Å². The second-order valence-electron chi connectivity index (χ2n) is 7.48. The Labute approximate surface area is 150 Å². The second kappa shape index (κ2) is 6.47. The third kappa shape index (κ3) is 3.11. The molecule has 1 N–H and O–H groups in total. The minimum Gasteiger partial charge on any atom is -0.346 e. The van der Waals surface area contributed by atoms with Gasteiger partial charge in [0.1, 0.15) is 0 Å². The van der Waals surface area contributed by atoms with Crippen molar-refractivity contribution >= 4 is 17.3 Å². The van der Waals surface area contributed by atoms with Gasteiger partial charge in [0, 0.05) is 32.0 Å². The summed E-state index contributed by atoms with van der Waals surface area (Å²) in [7, 11) is 0. The van der Waals surface area contributed by atoms with Gasteiger partial charge in [-0.3, -0.25) is 4.79 Å². The largest absolute Gasteiger partial charge is 0.346 e. The zero-order valence-corrected chi connectivity index (χ0v) is 15.8. The Balaban J connectivity index is 1.85. The summed E-state index contributed by atoms with van der Waals surface area (Å²) in [6.07, 6.45) is 0. The van der Waals surface area contributed by atoms with Gasteiger partial charge in [-0.1, -0.05) is 42.0 Å². The first-order chi connectivity index (χ1) is 11.8. The van der Waals surface area contributed by atoms with Gasteiger partial charge in [-0.2, -0.15) is 4.58 Å². The number of hydrogen-bond acceptors (Lipinski definition) is 1. The Hall–Kier alpha value is -2.42. The van der Waals surface area contributed by atoms with Crippen molar-refractivity contribution in [1.29, 1.82) is 0 Å². The maximum atomic E-state index is 12.8. The molecule has 0 saturated heterocycles. The highest BCUT2D eigenvalue weighted by atomic mass is 16.2. The van der Waals surface area contributed by atoms with Crippen molar-refractivity contribution in [1.82, 2.24) is 5.32 Å². The Morgan fingerprint density at radius 3 is 2.48 bits per heavy atom. The van der Waals surface area contributed by atoms with E-state index in [0.29, 0.717) is 6.54 Å². The summed E-state index contributed by atoms with van der Waals surface area (Å²) in [5, 5.41) is 3.07. The van der Waals surface area contributed by atoms with Crippen LogP contribution in [0.5, 0.6) is 0 Å². The number of nitrogens with one attached hydrogen (secondary N) is 1. The zero-order chi connectivity index (χ0) is 18.2. The van der Waals surface area contributed by atoms with Gasteiger partial charge < -0.3 is 5.32 Å². The van der Waals surface area contributed by atoms with E-state index in [0.717, 1.165) is 11.3 Å². The summed E-state index contributed by atoms with van der Waals surface area (Å²) >= 11 is 0. The van der Waals surface area contributed by atoms with E-state index < -0.39 is 0 Å². The number of hydrogen-bond donors (Lipinski definition) is 1. The minimum atomic E-state index is -0.244. The minimum absolute atomic E-state index is 0.0485. The molecular formula is C22H27N2O+. The summed E-state index contributed by atoms with van der Waals surface area (Å²) in [5.41, 5.74) is 5.97. The average Bonchev–Trinajstić information content (AvgIpc) is 2.80. The SMILES string of the molecule is CC1=[N+](C(C)C(=O)NCc2ccccc2)c2ccc(C)cc2C1(C)C. The monoisotopic (exact) mass is 335 g/mol. The summed E-state index contributed by atoms with van der Waals surface area (Å²) in [6.45, 7) is 11.3. The molecule has 0 aromatic heterocycles. The van der Waals surface area contributed by atoms with Crippen molar-refractivity contribution in [2.45, 2.75) is 52.6 Å². The van der Waals surface area contributed by atoms with Crippen LogP contribution >= 0.6 is 0 Å². The smallest absolute Gasteiger partial charge is 0.289 e. The van der Waals surface area contributed by atoms with Crippen LogP contribution in [0.3, 0.4) is 0 Å². The number of carbonyl (C=O) groups is 1. The lowest BCUT2D eigenvalue weighted by Crippen LogP contribution is -2.40. The molecule has 25 heavy (non-hydrogen) atoms. The molecule has 130 valence electrons. The topological polar surface area (TPSA) is 32.1 Å². The maximum absolute atomic E-state index is 12.8. The molecule has 0 fully saturated rings.